The van der Waals surface area contributed by atoms with E-state index in [1.54, 1.807) is 48.5 Å². The first kappa shape index (κ1) is 22.8. The largest absolute Gasteiger partial charge is 0.484 e. The second kappa shape index (κ2) is 10.5. The molecule has 1 aromatic heterocycles. The van der Waals surface area contributed by atoms with Gasteiger partial charge in [-0.15, -0.1) is 11.3 Å². The third-order valence-electron chi connectivity index (χ3n) is 4.38. The molecule has 0 unspecified atom stereocenters. The number of halogens is 2. The van der Waals surface area contributed by atoms with Gasteiger partial charge < -0.3 is 9.47 Å². The Morgan fingerprint density at radius 2 is 1.76 bits per heavy atom. The molecule has 4 aromatic rings. The van der Waals surface area contributed by atoms with Gasteiger partial charge in [0.15, 0.2) is 6.61 Å². The normalized spacial score (nSPS) is 11.0. The van der Waals surface area contributed by atoms with Gasteiger partial charge in [-0.25, -0.2) is 10.2 Å². The molecule has 6 nitrogen and oxygen atoms in total. The maximum atomic E-state index is 12.6. The molecule has 0 saturated carbocycles. The van der Waals surface area contributed by atoms with Crippen molar-refractivity contribution in [2.45, 2.75) is 0 Å². The lowest BCUT2D eigenvalue weighted by molar-refractivity contribution is -0.123. The van der Waals surface area contributed by atoms with Crippen LogP contribution < -0.4 is 14.9 Å². The van der Waals surface area contributed by atoms with Crippen molar-refractivity contribution >= 4 is 62.7 Å². The number of carbonyl (C=O) groups is 2. The number of esters is 1. The summed E-state index contributed by atoms with van der Waals surface area (Å²) < 4.78 is 11.7. The summed E-state index contributed by atoms with van der Waals surface area (Å²) in [6, 6.07) is 20.9. The lowest BCUT2D eigenvalue weighted by atomic mass is 10.2. The van der Waals surface area contributed by atoms with Crippen molar-refractivity contribution in [3.8, 4) is 11.5 Å². The average molecular weight is 499 g/mol. The number of hydrogen-bond donors (Lipinski definition) is 1. The molecule has 0 radical (unpaired) electrons. The lowest BCUT2D eigenvalue weighted by Crippen LogP contribution is -2.24. The van der Waals surface area contributed by atoms with Crippen LogP contribution in [0.1, 0.15) is 15.2 Å². The first-order chi connectivity index (χ1) is 16.0. The Morgan fingerprint density at radius 1 is 0.970 bits per heavy atom. The molecule has 0 fully saturated rings. The van der Waals surface area contributed by atoms with E-state index in [4.69, 9.17) is 32.7 Å². The zero-order chi connectivity index (χ0) is 23.2. The van der Waals surface area contributed by atoms with Gasteiger partial charge in [-0.3, -0.25) is 4.79 Å². The summed E-state index contributed by atoms with van der Waals surface area (Å²) in [7, 11) is 0. The summed E-state index contributed by atoms with van der Waals surface area (Å²) in [6.07, 6.45) is 1.43. The monoisotopic (exact) mass is 498 g/mol. The van der Waals surface area contributed by atoms with E-state index >= 15 is 0 Å². The van der Waals surface area contributed by atoms with Crippen LogP contribution in [0.2, 0.25) is 10.0 Å². The number of carbonyl (C=O) groups excluding carboxylic acids is 2. The topological polar surface area (TPSA) is 77.0 Å². The Morgan fingerprint density at radius 3 is 2.55 bits per heavy atom. The van der Waals surface area contributed by atoms with Gasteiger partial charge in [-0.1, -0.05) is 53.5 Å². The third kappa shape index (κ3) is 5.90. The highest BCUT2D eigenvalue weighted by Gasteiger charge is 2.19. The van der Waals surface area contributed by atoms with Crippen molar-refractivity contribution in [2.24, 2.45) is 5.10 Å². The molecule has 33 heavy (non-hydrogen) atoms. The Labute approximate surface area is 203 Å². The number of thiophene rings is 1. The molecule has 0 aliphatic rings. The summed E-state index contributed by atoms with van der Waals surface area (Å²) in [5.41, 5.74) is 3.00. The van der Waals surface area contributed by atoms with E-state index in [1.165, 1.54) is 17.6 Å². The highest BCUT2D eigenvalue weighted by atomic mass is 35.5. The molecule has 3 aromatic carbocycles. The van der Waals surface area contributed by atoms with E-state index in [1.807, 2.05) is 24.3 Å². The number of benzene rings is 3. The van der Waals surface area contributed by atoms with Crippen molar-refractivity contribution in [3.05, 3.63) is 93.3 Å². The molecule has 1 heterocycles. The van der Waals surface area contributed by atoms with E-state index < -0.39 is 11.9 Å². The predicted octanol–water partition coefficient (Wildman–Crippen LogP) is 5.96. The molecule has 166 valence electrons. The standard InChI is InChI=1S/C24H16Cl2N2O4S/c25-16-8-10-17(11-9-16)31-14-21(29)28-27-13-15-4-3-5-18(12-15)32-24(30)23-22(26)19-6-1-2-7-20(19)33-23/h1-13H,14H2,(H,28,29)/b27-13-. The second-order valence-electron chi connectivity index (χ2n) is 6.74. The van der Waals surface area contributed by atoms with Crippen molar-refractivity contribution in [1.82, 2.24) is 5.43 Å². The summed E-state index contributed by atoms with van der Waals surface area (Å²) in [5, 5.41) is 5.67. The fourth-order valence-corrected chi connectivity index (χ4v) is 4.36. The van der Waals surface area contributed by atoms with Gasteiger partial charge in [0.05, 0.1) is 11.2 Å². The van der Waals surface area contributed by atoms with Crippen LogP contribution in [-0.2, 0) is 4.79 Å². The third-order valence-corrected chi connectivity index (χ3v) is 6.28. The van der Waals surface area contributed by atoms with Gasteiger partial charge in [-0.2, -0.15) is 5.10 Å². The number of ether oxygens (including phenoxy) is 2. The second-order valence-corrected chi connectivity index (χ2v) is 8.61. The van der Waals surface area contributed by atoms with Crippen LogP contribution in [0.4, 0.5) is 0 Å². The molecular weight excluding hydrogens is 483 g/mol. The van der Waals surface area contributed by atoms with Crippen LogP contribution in [0.5, 0.6) is 11.5 Å². The fraction of sp³-hybridized carbons (Fsp3) is 0.0417. The van der Waals surface area contributed by atoms with E-state index in [2.05, 4.69) is 10.5 Å². The Hall–Kier alpha value is -3.39. The molecule has 9 heteroatoms. The predicted molar refractivity (Wildman–Crippen MR) is 131 cm³/mol. The summed E-state index contributed by atoms with van der Waals surface area (Å²) in [6.45, 7) is -0.202. The molecule has 1 N–H and O–H groups in total. The molecule has 0 aliphatic carbocycles. The summed E-state index contributed by atoms with van der Waals surface area (Å²) >= 11 is 13.4. The first-order valence-corrected chi connectivity index (χ1v) is 11.3. The van der Waals surface area contributed by atoms with Crippen molar-refractivity contribution in [3.63, 3.8) is 0 Å². The number of hydrazone groups is 1. The fourth-order valence-electron chi connectivity index (χ4n) is 2.85. The van der Waals surface area contributed by atoms with Gasteiger partial charge >= 0.3 is 5.97 Å². The smallest absolute Gasteiger partial charge is 0.355 e. The SMILES string of the molecule is O=C(COc1ccc(Cl)cc1)N/N=C\c1cccc(OC(=O)c2sc3ccccc3c2Cl)c1. The summed E-state index contributed by atoms with van der Waals surface area (Å²) in [4.78, 5) is 24.8. The molecule has 0 atom stereocenters. The van der Waals surface area contributed by atoms with Crippen LogP contribution in [0.25, 0.3) is 10.1 Å². The Kier molecular flexibility index (Phi) is 7.24. The van der Waals surface area contributed by atoms with Gasteiger partial charge in [0.25, 0.3) is 5.91 Å². The van der Waals surface area contributed by atoms with Crippen LogP contribution >= 0.6 is 34.5 Å². The minimum Gasteiger partial charge on any atom is -0.484 e. The van der Waals surface area contributed by atoms with Crippen LogP contribution in [-0.4, -0.2) is 24.7 Å². The van der Waals surface area contributed by atoms with Crippen LogP contribution in [0.15, 0.2) is 77.9 Å². The molecule has 0 saturated heterocycles. The minimum atomic E-state index is -0.539. The van der Waals surface area contributed by atoms with Crippen LogP contribution in [0, 0.1) is 0 Å². The van der Waals surface area contributed by atoms with Gasteiger partial charge in [-0.05, 0) is 48.0 Å². The number of fused-ring (bicyclic) bond motifs is 1. The number of nitrogens with zero attached hydrogens (tertiary/aromatic N) is 1. The van der Waals surface area contributed by atoms with Crippen molar-refractivity contribution in [2.75, 3.05) is 6.61 Å². The zero-order valence-corrected chi connectivity index (χ0v) is 19.3. The average Bonchev–Trinajstić information content (AvgIpc) is 3.16. The maximum absolute atomic E-state index is 12.6. The Balaban J connectivity index is 1.33. The van der Waals surface area contributed by atoms with Crippen molar-refractivity contribution in [1.29, 1.82) is 0 Å². The molecule has 0 spiro atoms. The van der Waals surface area contributed by atoms with Gasteiger partial charge in [0.1, 0.15) is 16.4 Å². The zero-order valence-electron chi connectivity index (χ0n) is 17.0. The lowest BCUT2D eigenvalue weighted by Gasteiger charge is -2.05. The molecule has 4 rings (SSSR count). The minimum absolute atomic E-state index is 0.202. The number of amides is 1. The highest BCUT2D eigenvalue weighted by molar-refractivity contribution is 7.21. The highest BCUT2D eigenvalue weighted by Crippen LogP contribution is 2.35. The quantitative estimate of drug-likeness (QED) is 0.147. The van der Waals surface area contributed by atoms with Crippen LogP contribution in [0.3, 0.4) is 0 Å². The van der Waals surface area contributed by atoms with Gasteiger partial charge in [0, 0.05) is 15.1 Å². The van der Waals surface area contributed by atoms with Gasteiger partial charge in [0.2, 0.25) is 0 Å². The first-order valence-electron chi connectivity index (χ1n) is 9.69. The molecule has 0 bridgehead atoms. The molecule has 1 amide bonds. The molecule has 0 aliphatic heterocycles. The Bertz CT molecular complexity index is 1340. The van der Waals surface area contributed by atoms with Crippen molar-refractivity contribution < 1.29 is 19.1 Å². The molecular formula is C24H16Cl2N2O4S. The van der Waals surface area contributed by atoms with E-state index in [0.717, 1.165) is 10.1 Å². The maximum Gasteiger partial charge on any atom is 0.355 e. The number of nitrogens with one attached hydrogen (secondary N) is 1. The summed E-state index contributed by atoms with van der Waals surface area (Å²) in [5.74, 6) is -0.118. The number of rotatable bonds is 7. The number of hydrogen-bond acceptors (Lipinski definition) is 6. The van der Waals surface area contributed by atoms with E-state index in [-0.39, 0.29) is 6.61 Å². The van der Waals surface area contributed by atoms with E-state index in [9.17, 15) is 9.59 Å². The van der Waals surface area contributed by atoms with E-state index in [0.29, 0.717) is 32.0 Å².